The third-order valence-electron chi connectivity index (χ3n) is 2.40. The fourth-order valence-corrected chi connectivity index (χ4v) is 1.53. The van der Waals surface area contributed by atoms with E-state index in [4.69, 9.17) is 5.26 Å². The van der Waals surface area contributed by atoms with Crippen molar-refractivity contribution in [1.29, 1.82) is 5.26 Å². The maximum atomic E-state index is 13.2. The third kappa shape index (κ3) is 2.32. The molecule has 0 amide bonds. The van der Waals surface area contributed by atoms with Crippen molar-refractivity contribution in [2.75, 3.05) is 0 Å². The van der Waals surface area contributed by atoms with Crippen molar-refractivity contribution in [1.82, 2.24) is 0 Å². The normalized spacial score (nSPS) is 12.1. The second-order valence-electron chi connectivity index (χ2n) is 3.54. The van der Waals surface area contributed by atoms with Crippen molar-refractivity contribution >= 4 is 0 Å². The van der Waals surface area contributed by atoms with Crippen LogP contribution in [-0.2, 0) is 0 Å². The number of nitrogens with zero attached hydrogens (tertiary/aromatic N) is 1. The Morgan fingerprint density at radius 2 is 2.21 bits per heavy atom. The van der Waals surface area contributed by atoms with Gasteiger partial charge < -0.3 is 0 Å². The molecule has 0 bridgehead atoms. The number of rotatable bonds is 3. The second-order valence-corrected chi connectivity index (χ2v) is 3.54. The molecule has 0 radical (unpaired) electrons. The van der Waals surface area contributed by atoms with Gasteiger partial charge in [0.05, 0.1) is 5.56 Å². The lowest BCUT2D eigenvalue weighted by Crippen LogP contribution is -1.95. The summed E-state index contributed by atoms with van der Waals surface area (Å²) in [7, 11) is 0. The topological polar surface area (TPSA) is 23.8 Å². The molecule has 1 aromatic rings. The second kappa shape index (κ2) is 4.76. The van der Waals surface area contributed by atoms with Gasteiger partial charge in [-0.2, -0.15) is 5.26 Å². The molecule has 0 aromatic heterocycles. The van der Waals surface area contributed by atoms with Crippen LogP contribution < -0.4 is 0 Å². The van der Waals surface area contributed by atoms with E-state index >= 15 is 0 Å². The predicted molar refractivity (Wildman–Crippen MR) is 54.4 cm³/mol. The molecular formula is C12H14FN. The zero-order valence-electron chi connectivity index (χ0n) is 8.55. The maximum Gasteiger partial charge on any atom is 0.141 e. The van der Waals surface area contributed by atoms with Crippen LogP contribution in [0.25, 0.3) is 0 Å². The molecule has 14 heavy (non-hydrogen) atoms. The molecule has 1 unspecified atom stereocenters. The van der Waals surface area contributed by atoms with Crippen LogP contribution >= 0.6 is 0 Å². The Morgan fingerprint density at radius 1 is 1.50 bits per heavy atom. The Balaban J connectivity index is 2.92. The first-order valence-electron chi connectivity index (χ1n) is 4.88. The van der Waals surface area contributed by atoms with Crippen molar-refractivity contribution in [2.45, 2.75) is 32.6 Å². The van der Waals surface area contributed by atoms with Gasteiger partial charge in [-0.1, -0.05) is 26.3 Å². The minimum atomic E-state index is -0.409. The van der Waals surface area contributed by atoms with E-state index in [1.165, 1.54) is 6.07 Å². The standard InChI is InChI=1S/C12H14FN/c1-3-4-9(2)10-5-6-11(8-14)12(13)7-10/h5-7,9H,3-4H2,1-2H3. The zero-order valence-corrected chi connectivity index (χ0v) is 8.55. The van der Waals surface area contributed by atoms with Crippen LogP contribution in [0.5, 0.6) is 0 Å². The molecule has 0 aliphatic rings. The highest BCUT2D eigenvalue weighted by Crippen LogP contribution is 2.22. The van der Waals surface area contributed by atoms with Crippen molar-refractivity contribution in [3.8, 4) is 6.07 Å². The van der Waals surface area contributed by atoms with E-state index < -0.39 is 5.82 Å². The highest BCUT2D eigenvalue weighted by Gasteiger charge is 2.07. The SMILES string of the molecule is CCCC(C)c1ccc(C#N)c(F)c1. The highest BCUT2D eigenvalue weighted by atomic mass is 19.1. The summed E-state index contributed by atoms with van der Waals surface area (Å²) in [6.45, 7) is 4.18. The monoisotopic (exact) mass is 191 g/mol. The first-order chi connectivity index (χ1) is 6.69. The molecule has 0 saturated heterocycles. The third-order valence-corrected chi connectivity index (χ3v) is 2.40. The molecule has 1 atom stereocenters. The van der Waals surface area contributed by atoms with E-state index in [0.29, 0.717) is 5.92 Å². The fraction of sp³-hybridized carbons (Fsp3) is 0.417. The van der Waals surface area contributed by atoms with Gasteiger partial charge in [-0.15, -0.1) is 0 Å². The van der Waals surface area contributed by atoms with Crippen molar-refractivity contribution in [2.24, 2.45) is 0 Å². The van der Waals surface area contributed by atoms with Gasteiger partial charge in [0.2, 0.25) is 0 Å². The summed E-state index contributed by atoms with van der Waals surface area (Å²) in [5.41, 5.74) is 1.10. The Hall–Kier alpha value is -1.36. The van der Waals surface area contributed by atoms with Crippen LogP contribution in [-0.4, -0.2) is 0 Å². The Labute approximate surface area is 84.2 Å². The summed E-state index contributed by atoms with van der Waals surface area (Å²) in [6.07, 6.45) is 2.13. The van der Waals surface area contributed by atoms with Crippen LogP contribution in [0.3, 0.4) is 0 Å². The molecule has 2 heteroatoms. The molecular weight excluding hydrogens is 177 g/mol. The van der Waals surface area contributed by atoms with Gasteiger partial charge in [0.25, 0.3) is 0 Å². The molecule has 1 nitrogen and oxygen atoms in total. The Kier molecular flexibility index (Phi) is 3.64. The zero-order chi connectivity index (χ0) is 10.6. The van der Waals surface area contributed by atoms with E-state index in [-0.39, 0.29) is 5.56 Å². The van der Waals surface area contributed by atoms with Gasteiger partial charge in [0, 0.05) is 0 Å². The Bertz CT molecular complexity index is 352. The molecule has 0 aliphatic carbocycles. The number of nitriles is 1. The molecule has 0 saturated carbocycles. The van der Waals surface area contributed by atoms with Crippen molar-refractivity contribution in [3.05, 3.63) is 35.1 Å². The molecule has 0 aliphatic heterocycles. The number of hydrogen-bond donors (Lipinski definition) is 0. The molecule has 0 N–H and O–H groups in total. The first kappa shape index (κ1) is 10.7. The summed E-state index contributed by atoms with van der Waals surface area (Å²) >= 11 is 0. The lowest BCUT2D eigenvalue weighted by molar-refractivity contribution is 0.610. The highest BCUT2D eigenvalue weighted by molar-refractivity contribution is 5.34. The largest absolute Gasteiger partial charge is 0.206 e. The maximum absolute atomic E-state index is 13.2. The van der Waals surface area contributed by atoms with Crippen molar-refractivity contribution < 1.29 is 4.39 Å². The quantitative estimate of drug-likeness (QED) is 0.716. The van der Waals surface area contributed by atoms with Crippen LogP contribution in [0.2, 0.25) is 0 Å². The minimum Gasteiger partial charge on any atom is -0.206 e. The number of halogens is 1. The van der Waals surface area contributed by atoms with E-state index in [0.717, 1.165) is 18.4 Å². The van der Waals surface area contributed by atoms with Crippen LogP contribution in [0.4, 0.5) is 4.39 Å². The van der Waals surface area contributed by atoms with Gasteiger partial charge in [-0.05, 0) is 30.0 Å². The van der Waals surface area contributed by atoms with Crippen LogP contribution in [0, 0.1) is 17.1 Å². The molecule has 1 rings (SSSR count). The average molecular weight is 191 g/mol. The summed E-state index contributed by atoms with van der Waals surface area (Å²) in [6, 6.07) is 6.68. The van der Waals surface area contributed by atoms with Crippen molar-refractivity contribution in [3.63, 3.8) is 0 Å². The number of hydrogen-bond acceptors (Lipinski definition) is 1. The first-order valence-corrected chi connectivity index (χ1v) is 4.88. The number of benzene rings is 1. The predicted octanol–water partition coefficient (Wildman–Crippen LogP) is 3.60. The molecule has 0 spiro atoms. The van der Waals surface area contributed by atoms with Crippen LogP contribution in [0.15, 0.2) is 18.2 Å². The fourth-order valence-electron chi connectivity index (χ4n) is 1.53. The smallest absolute Gasteiger partial charge is 0.141 e. The molecule has 0 fully saturated rings. The summed E-state index contributed by atoms with van der Waals surface area (Å²) < 4.78 is 13.2. The van der Waals surface area contributed by atoms with Gasteiger partial charge in [0.1, 0.15) is 11.9 Å². The lowest BCUT2D eigenvalue weighted by atomic mass is 9.95. The van der Waals surface area contributed by atoms with E-state index in [1.807, 2.05) is 12.1 Å². The van der Waals surface area contributed by atoms with Gasteiger partial charge in [-0.3, -0.25) is 0 Å². The summed E-state index contributed by atoms with van der Waals surface area (Å²) in [5.74, 6) is -0.0461. The van der Waals surface area contributed by atoms with Crippen LogP contribution in [0.1, 0.15) is 43.7 Å². The van der Waals surface area contributed by atoms with Gasteiger partial charge in [0.15, 0.2) is 0 Å². The Morgan fingerprint density at radius 3 is 2.71 bits per heavy atom. The molecule has 1 aromatic carbocycles. The summed E-state index contributed by atoms with van der Waals surface area (Å²) in [4.78, 5) is 0. The summed E-state index contributed by atoms with van der Waals surface area (Å²) in [5, 5.41) is 8.56. The van der Waals surface area contributed by atoms with E-state index in [9.17, 15) is 4.39 Å². The van der Waals surface area contributed by atoms with Gasteiger partial charge >= 0.3 is 0 Å². The average Bonchev–Trinajstić information content (AvgIpc) is 2.18. The lowest BCUT2D eigenvalue weighted by Gasteiger charge is -2.10. The van der Waals surface area contributed by atoms with E-state index in [1.54, 1.807) is 6.07 Å². The molecule has 74 valence electrons. The van der Waals surface area contributed by atoms with Gasteiger partial charge in [-0.25, -0.2) is 4.39 Å². The minimum absolute atomic E-state index is 0.123. The van der Waals surface area contributed by atoms with E-state index in [2.05, 4.69) is 13.8 Å². The molecule has 0 heterocycles.